The third kappa shape index (κ3) is 5.61. The molecule has 6 nitrogen and oxygen atoms in total. The summed E-state index contributed by atoms with van der Waals surface area (Å²) in [7, 11) is 0. The fraction of sp³-hybridized carbons (Fsp3) is 0.625. The van der Waals surface area contributed by atoms with E-state index in [1.54, 1.807) is 24.3 Å². The summed E-state index contributed by atoms with van der Waals surface area (Å²) >= 11 is 0. The first-order valence-corrected chi connectivity index (χ1v) is 11.4. The number of nitrogens with one attached hydrogen (secondary N) is 2. The van der Waals surface area contributed by atoms with E-state index in [1.165, 1.54) is 6.42 Å². The predicted octanol–water partition coefficient (Wildman–Crippen LogP) is 3.83. The van der Waals surface area contributed by atoms with Crippen molar-refractivity contribution in [1.82, 2.24) is 10.2 Å². The van der Waals surface area contributed by atoms with E-state index < -0.39 is 11.8 Å². The van der Waals surface area contributed by atoms with Crippen LogP contribution in [0.4, 0.5) is 5.69 Å². The summed E-state index contributed by atoms with van der Waals surface area (Å²) in [5.41, 5.74) is 1.12. The lowest BCUT2D eigenvalue weighted by Gasteiger charge is -2.34. The molecule has 1 aromatic rings. The van der Waals surface area contributed by atoms with Crippen molar-refractivity contribution in [2.45, 2.75) is 65.3 Å². The van der Waals surface area contributed by atoms with Crippen molar-refractivity contribution < 1.29 is 14.4 Å². The van der Waals surface area contributed by atoms with Crippen molar-refractivity contribution in [2.24, 2.45) is 17.8 Å². The minimum atomic E-state index is -0.660. The van der Waals surface area contributed by atoms with Crippen molar-refractivity contribution in [2.75, 3.05) is 18.4 Å². The van der Waals surface area contributed by atoms with Crippen molar-refractivity contribution in [3.63, 3.8) is 0 Å². The van der Waals surface area contributed by atoms with Crippen LogP contribution in [0.3, 0.4) is 0 Å². The Morgan fingerprint density at radius 1 is 0.933 bits per heavy atom. The van der Waals surface area contributed by atoms with Gasteiger partial charge in [0, 0.05) is 30.4 Å². The molecule has 164 valence electrons. The molecular weight excluding hydrogens is 378 g/mol. The average molecular weight is 414 g/mol. The maximum absolute atomic E-state index is 12.6. The van der Waals surface area contributed by atoms with Crippen LogP contribution in [0.25, 0.3) is 0 Å². The molecule has 1 heterocycles. The molecule has 1 saturated carbocycles. The van der Waals surface area contributed by atoms with Gasteiger partial charge in [0.05, 0.1) is 0 Å². The monoisotopic (exact) mass is 413 g/mol. The average Bonchev–Trinajstić information content (AvgIpc) is 2.74. The van der Waals surface area contributed by atoms with Gasteiger partial charge in [-0.1, -0.05) is 33.6 Å². The van der Waals surface area contributed by atoms with Crippen LogP contribution >= 0.6 is 0 Å². The first-order valence-electron chi connectivity index (χ1n) is 11.4. The Balaban J connectivity index is 1.53. The van der Waals surface area contributed by atoms with Crippen molar-refractivity contribution in [1.29, 1.82) is 0 Å². The van der Waals surface area contributed by atoms with Crippen LogP contribution in [0.2, 0.25) is 0 Å². The van der Waals surface area contributed by atoms with E-state index in [1.807, 2.05) is 4.90 Å². The summed E-state index contributed by atoms with van der Waals surface area (Å²) in [6.07, 6.45) is 6.36. The standard InChI is InChI=1S/C24H35N3O3/c1-16(2)20-6-4-5-7-21(20)26-23(29)22(28)25-19-10-8-18(9-11-19)24(30)27-14-12-17(3)13-15-27/h8-11,16-17,20-21H,4-7,12-15H2,1-3H3,(H,25,28)(H,26,29). The number of hydrogen-bond donors (Lipinski definition) is 2. The van der Waals surface area contributed by atoms with Gasteiger partial charge in [-0.3, -0.25) is 14.4 Å². The first kappa shape index (κ1) is 22.3. The zero-order valence-corrected chi connectivity index (χ0v) is 18.4. The van der Waals surface area contributed by atoms with Crippen molar-refractivity contribution in [3.8, 4) is 0 Å². The molecule has 6 heteroatoms. The number of carbonyl (C=O) groups is 3. The van der Waals surface area contributed by atoms with Crippen molar-refractivity contribution >= 4 is 23.4 Å². The summed E-state index contributed by atoms with van der Waals surface area (Å²) in [5.74, 6) is 0.338. The van der Waals surface area contributed by atoms with E-state index in [2.05, 4.69) is 31.4 Å². The molecule has 0 spiro atoms. The van der Waals surface area contributed by atoms with E-state index in [4.69, 9.17) is 0 Å². The Labute approximate surface area is 179 Å². The van der Waals surface area contributed by atoms with Gasteiger partial charge in [-0.25, -0.2) is 0 Å². The summed E-state index contributed by atoms with van der Waals surface area (Å²) in [6.45, 7) is 8.13. The third-order valence-electron chi connectivity index (χ3n) is 6.66. The Kier molecular flexibility index (Phi) is 7.51. The zero-order chi connectivity index (χ0) is 21.7. The van der Waals surface area contributed by atoms with Gasteiger partial charge < -0.3 is 15.5 Å². The lowest BCUT2D eigenvalue weighted by molar-refractivity contribution is -0.137. The Morgan fingerprint density at radius 3 is 2.20 bits per heavy atom. The Bertz CT molecular complexity index is 751. The molecule has 0 bridgehead atoms. The Hall–Kier alpha value is -2.37. The lowest BCUT2D eigenvalue weighted by Crippen LogP contribution is -2.47. The largest absolute Gasteiger partial charge is 0.345 e. The molecular formula is C24H35N3O3. The summed E-state index contributed by atoms with van der Waals surface area (Å²) in [6, 6.07) is 6.85. The van der Waals surface area contributed by atoms with Crippen LogP contribution < -0.4 is 10.6 Å². The van der Waals surface area contributed by atoms with Crippen LogP contribution in [0.5, 0.6) is 0 Å². The fourth-order valence-electron chi connectivity index (χ4n) is 4.65. The highest BCUT2D eigenvalue weighted by molar-refractivity contribution is 6.39. The number of rotatable bonds is 4. The molecule has 1 aliphatic carbocycles. The minimum Gasteiger partial charge on any atom is -0.345 e. The maximum atomic E-state index is 12.6. The van der Waals surface area contributed by atoms with E-state index in [-0.39, 0.29) is 11.9 Å². The molecule has 2 N–H and O–H groups in total. The topological polar surface area (TPSA) is 78.5 Å². The highest BCUT2D eigenvalue weighted by Crippen LogP contribution is 2.30. The number of likely N-dealkylation sites (tertiary alicyclic amines) is 1. The number of hydrogen-bond acceptors (Lipinski definition) is 3. The van der Waals surface area contributed by atoms with Gasteiger partial charge in [0.2, 0.25) is 0 Å². The quantitative estimate of drug-likeness (QED) is 0.737. The van der Waals surface area contributed by atoms with Crippen LogP contribution in [0.15, 0.2) is 24.3 Å². The van der Waals surface area contributed by atoms with E-state index in [9.17, 15) is 14.4 Å². The molecule has 0 aromatic heterocycles. The Morgan fingerprint density at radius 2 is 1.57 bits per heavy atom. The van der Waals surface area contributed by atoms with Crippen LogP contribution in [0, 0.1) is 17.8 Å². The lowest BCUT2D eigenvalue weighted by atomic mass is 9.78. The smallest absolute Gasteiger partial charge is 0.313 e. The summed E-state index contributed by atoms with van der Waals surface area (Å²) < 4.78 is 0. The van der Waals surface area contributed by atoms with Crippen molar-refractivity contribution in [3.05, 3.63) is 29.8 Å². The van der Waals surface area contributed by atoms with Gasteiger partial charge in [-0.15, -0.1) is 0 Å². The summed E-state index contributed by atoms with van der Waals surface area (Å²) in [5, 5.41) is 5.59. The minimum absolute atomic E-state index is 0.0227. The number of anilines is 1. The molecule has 3 rings (SSSR count). The number of carbonyl (C=O) groups excluding carboxylic acids is 3. The molecule has 3 amide bonds. The van der Waals surface area contributed by atoms with Gasteiger partial charge in [0.1, 0.15) is 0 Å². The van der Waals surface area contributed by atoms with Gasteiger partial charge in [-0.2, -0.15) is 0 Å². The zero-order valence-electron chi connectivity index (χ0n) is 18.4. The third-order valence-corrected chi connectivity index (χ3v) is 6.66. The molecule has 2 fully saturated rings. The normalized spacial score (nSPS) is 22.6. The van der Waals surface area contributed by atoms with Gasteiger partial charge in [0.25, 0.3) is 5.91 Å². The molecule has 2 aliphatic rings. The molecule has 30 heavy (non-hydrogen) atoms. The second-order valence-corrected chi connectivity index (χ2v) is 9.28. The number of nitrogens with zero attached hydrogens (tertiary/aromatic N) is 1. The van der Waals surface area contributed by atoms with E-state index >= 15 is 0 Å². The van der Waals surface area contributed by atoms with E-state index in [0.29, 0.717) is 29.0 Å². The SMILES string of the molecule is CC1CCN(C(=O)c2ccc(NC(=O)C(=O)NC3CCCCC3C(C)C)cc2)CC1. The molecule has 1 aliphatic heterocycles. The van der Waals surface area contributed by atoms with E-state index in [0.717, 1.165) is 45.2 Å². The van der Waals surface area contributed by atoms with Gasteiger partial charge >= 0.3 is 11.8 Å². The summed E-state index contributed by atoms with van der Waals surface area (Å²) in [4.78, 5) is 39.3. The van der Waals surface area contributed by atoms with Crippen LogP contribution in [0.1, 0.15) is 69.7 Å². The van der Waals surface area contributed by atoms with Crippen LogP contribution in [-0.2, 0) is 9.59 Å². The maximum Gasteiger partial charge on any atom is 0.313 e. The molecule has 2 atom stereocenters. The van der Waals surface area contributed by atoms with Gasteiger partial charge in [-0.05, 0) is 67.7 Å². The molecule has 0 radical (unpaired) electrons. The molecule has 2 unspecified atom stereocenters. The first-order chi connectivity index (χ1) is 14.3. The second-order valence-electron chi connectivity index (χ2n) is 9.28. The number of benzene rings is 1. The molecule has 1 saturated heterocycles. The number of piperidine rings is 1. The highest BCUT2D eigenvalue weighted by atomic mass is 16.2. The predicted molar refractivity (Wildman–Crippen MR) is 118 cm³/mol. The molecule has 1 aromatic carbocycles. The van der Waals surface area contributed by atoms with Crippen LogP contribution in [-0.4, -0.2) is 41.8 Å². The number of amides is 3. The van der Waals surface area contributed by atoms with Gasteiger partial charge in [0.15, 0.2) is 0 Å². The second kappa shape index (κ2) is 10.1. The fourth-order valence-corrected chi connectivity index (χ4v) is 4.65. The highest BCUT2D eigenvalue weighted by Gasteiger charge is 2.30.